The minimum absolute atomic E-state index is 0.0810. The van der Waals surface area contributed by atoms with E-state index in [4.69, 9.17) is 16.2 Å². The highest BCUT2D eigenvalue weighted by Crippen LogP contribution is 2.21. The number of hydrogen-bond donors (Lipinski definition) is 3. The van der Waals surface area contributed by atoms with Gasteiger partial charge in [-0.25, -0.2) is 0 Å². The van der Waals surface area contributed by atoms with Crippen LogP contribution in [0.5, 0.6) is 5.75 Å². The third-order valence-electron chi connectivity index (χ3n) is 0.889. The van der Waals surface area contributed by atoms with Crippen molar-refractivity contribution in [2.45, 2.75) is 0 Å². The zero-order valence-electron chi connectivity index (χ0n) is 4.59. The number of rotatable bonds is 1. The monoisotopic (exact) mass is 142 g/mol. The van der Waals surface area contributed by atoms with Gasteiger partial charge in [0.25, 0.3) is 0 Å². The van der Waals surface area contributed by atoms with Gasteiger partial charge in [-0.2, -0.15) is 0 Å². The molecule has 3 nitrogen and oxygen atoms in total. The molecular weight excluding hydrogens is 136 g/mol. The smallest absolute Gasteiger partial charge is 0.137 e. The number of amidine groups is 1. The minimum Gasteiger partial charge on any atom is -0.506 e. The lowest BCUT2D eigenvalue weighted by atomic mass is 10.4. The average Bonchev–Trinajstić information content (AvgIpc) is 2.13. The molecule has 9 heavy (non-hydrogen) atoms. The molecule has 0 unspecified atom stereocenters. The number of nitrogen functional groups attached to an aromatic ring is 1. The Kier molecular flexibility index (Phi) is 1.40. The van der Waals surface area contributed by atoms with E-state index in [-0.39, 0.29) is 11.6 Å². The van der Waals surface area contributed by atoms with Crippen molar-refractivity contribution in [3.8, 4) is 5.75 Å². The molecule has 1 aromatic heterocycles. The van der Waals surface area contributed by atoms with Crippen LogP contribution >= 0.6 is 11.3 Å². The van der Waals surface area contributed by atoms with Crippen LogP contribution in [-0.4, -0.2) is 10.9 Å². The molecule has 0 saturated carbocycles. The average molecular weight is 142 g/mol. The Labute approximate surface area is 56.3 Å². The summed E-state index contributed by atoms with van der Waals surface area (Å²) in [5.41, 5.74) is 5.09. The molecule has 0 aliphatic carbocycles. The van der Waals surface area contributed by atoms with Gasteiger partial charge in [-0.15, -0.1) is 11.3 Å². The highest BCUT2D eigenvalue weighted by Gasteiger charge is 2.02. The largest absolute Gasteiger partial charge is 0.506 e. The Hall–Kier alpha value is -1.03. The molecule has 0 aliphatic heterocycles. The fourth-order valence-electron chi connectivity index (χ4n) is 0.504. The van der Waals surface area contributed by atoms with Gasteiger partial charge in [0.05, 0.1) is 0 Å². The summed E-state index contributed by atoms with van der Waals surface area (Å²) in [6, 6.07) is 1.52. The minimum atomic E-state index is -0.0810. The van der Waals surface area contributed by atoms with Gasteiger partial charge in [-0.1, -0.05) is 0 Å². The van der Waals surface area contributed by atoms with Crippen LogP contribution in [0.1, 0.15) is 4.88 Å². The second-order valence-electron chi connectivity index (χ2n) is 1.55. The molecule has 0 radical (unpaired) electrons. The Balaban J connectivity index is 3.08. The Morgan fingerprint density at radius 1 is 1.78 bits per heavy atom. The van der Waals surface area contributed by atoms with Gasteiger partial charge in [0.15, 0.2) is 0 Å². The lowest BCUT2D eigenvalue weighted by molar-refractivity contribution is 0.477. The normalized spacial score (nSPS) is 9.33. The summed E-state index contributed by atoms with van der Waals surface area (Å²) in [5, 5.41) is 17.5. The topological polar surface area (TPSA) is 70.1 Å². The van der Waals surface area contributed by atoms with Crippen LogP contribution in [0.15, 0.2) is 11.4 Å². The van der Waals surface area contributed by atoms with Gasteiger partial charge in [-0.05, 0) is 11.4 Å². The maximum absolute atomic E-state index is 8.91. The van der Waals surface area contributed by atoms with Crippen LogP contribution < -0.4 is 5.73 Å². The van der Waals surface area contributed by atoms with E-state index < -0.39 is 0 Å². The summed E-state index contributed by atoms with van der Waals surface area (Å²) in [7, 11) is 0. The summed E-state index contributed by atoms with van der Waals surface area (Å²) in [6.45, 7) is 0. The van der Waals surface area contributed by atoms with Gasteiger partial charge >= 0.3 is 0 Å². The zero-order chi connectivity index (χ0) is 6.85. The quantitative estimate of drug-likeness (QED) is 0.399. The Morgan fingerprint density at radius 3 is 2.67 bits per heavy atom. The molecule has 0 spiro atoms. The lowest BCUT2D eigenvalue weighted by Crippen LogP contribution is -2.08. The third kappa shape index (κ3) is 1.02. The van der Waals surface area contributed by atoms with Crippen LogP contribution in [0, 0.1) is 5.41 Å². The van der Waals surface area contributed by atoms with E-state index in [2.05, 4.69) is 0 Å². The molecule has 1 heterocycles. The van der Waals surface area contributed by atoms with E-state index in [1.165, 1.54) is 17.4 Å². The van der Waals surface area contributed by atoms with Crippen LogP contribution in [0.3, 0.4) is 0 Å². The van der Waals surface area contributed by atoms with Crippen LogP contribution in [0.2, 0.25) is 0 Å². The number of nitrogens with one attached hydrogen (secondary N) is 1. The standard InChI is InChI=1S/C5H6N2OS/c6-5(7)4-3(8)1-2-9-4/h1-2,8H,(H3,6,7). The highest BCUT2D eigenvalue weighted by atomic mass is 32.1. The first-order chi connectivity index (χ1) is 4.22. The van der Waals surface area contributed by atoms with E-state index in [0.717, 1.165) is 0 Å². The van der Waals surface area contributed by atoms with Crippen molar-refractivity contribution < 1.29 is 5.11 Å². The van der Waals surface area contributed by atoms with Crippen molar-refractivity contribution in [1.82, 2.24) is 0 Å². The molecule has 4 N–H and O–H groups in total. The molecule has 48 valence electrons. The van der Waals surface area contributed by atoms with Gasteiger partial charge in [0, 0.05) is 0 Å². The summed E-state index contributed by atoms with van der Waals surface area (Å²) in [4.78, 5) is 0.440. The van der Waals surface area contributed by atoms with E-state index in [1.807, 2.05) is 0 Å². The predicted molar refractivity (Wildman–Crippen MR) is 37.0 cm³/mol. The first kappa shape index (κ1) is 6.10. The van der Waals surface area contributed by atoms with Crippen molar-refractivity contribution in [2.24, 2.45) is 5.73 Å². The van der Waals surface area contributed by atoms with E-state index in [1.54, 1.807) is 5.38 Å². The Morgan fingerprint density at radius 2 is 2.44 bits per heavy atom. The first-order valence-corrected chi connectivity index (χ1v) is 3.20. The van der Waals surface area contributed by atoms with E-state index >= 15 is 0 Å². The molecule has 0 aliphatic rings. The first-order valence-electron chi connectivity index (χ1n) is 2.32. The summed E-state index contributed by atoms with van der Waals surface area (Å²) >= 11 is 1.26. The molecule has 4 heteroatoms. The highest BCUT2D eigenvalue weighted by molar-refractivity contribution is 7.12. The SMILES string of the molecule is N=C(N)c1sccc1O. The van der Waals surface area contributed by atoms with Crippen LogP contribution in [0.25, 0.3) is 0 Å². The predicted octanol–water partition coefficient (Wildman–Crippen LogP) is 0.738. The summed E-state index contributed by atoms with van der Waals surface area (Å²) in [5.74, 6) is 0.00926. The molecule has 0 fully saturated rings. The fraction of sp³-hybridized carbons (Fsp3) is 0. The Bertz CT molecular complexity index is 231. The molecule has 0 atom stereocenters. The zero-order valence-corrected chi connectivity index (χ0v) is 5.40. The van der Waals surface area contributed by atoms with Gasteiger partial charge in [-0.3, -0.25) is 5.41 Å². The van der Waals surface area contributed by atoms with Crippen molar-refractivity contribution in [1.29, 1.82) is 5.41 Å². The van der Waals surface area contributed by atoms with Crippen molar-refractivity contribution in [2.75, 3.05) is 0 Å². The molecule has 0 amide bonds. The van der Waals surface area contributed by atoms with Crippen molar-refractivity contribution >= 4 is 17.2 Å². The van der Waals surface area contributed by atoms with Crippen molar-refractivity contribution in [3.05, 3.63) is 16.3 Å². The molecule has 1 aromatic rings. The number of thiophene rings is 1. The maximum Gasteiger partial charge on any atom is 0.137 e. The molecule has 0 saturated heterocycles. The second kappa shape index (κ2) is 2.06. The van der Waals surface area contributed by atoms with E-state index in [9.17, 15) is 0 Å². The molecule has 1 rings (SSSR count). The van der Waals surface area contributed by atoms with Gasteiger partial charge < -0.3 is 10.8 Å². The van der Waals surface area contributed by atoms with Gasteiger partial charge in [0.2, 0.25) is 0 Å². The summed E-state index contributed by atoms with van der Waals surface area (Å²) < 4.78 is 0. The second-order valence-corrected chi connectivity index (χ2v) is 2.46. The number of nitrogens with two attached hydrogens (primary N) is 1. The maximum atomic E-state index is 8.91. The van der Waals surface area contributed by atoms with Crippen LogP contribution in [0.4, 0.5) is 0 Å². The third-order valence-corrected chi connectivity index (χ3v) is 1.83. The van der Waals surface area contributed by atoms with Crippen molar-refractivity contribution in [3.63, 3.8) is 0 Å². The molecule has 0 aromatic carbocycles. The van der Waals surface area contributed by atoms with E-state index in [0.29, 0.717) is 4.88 Å². The molecule has 0 bridgehead atoms. The number of aromatic hydroxyl groups is 1. The van der Waals surface area contributed by atoms with Gasteiger partial charge in [0.1, 0.15) is 16.5 Å². The fourth-order valence-corrected chi connectivity index (χ4v) is 1.15. The lowest BCUT2D eigenvalue weighted by Gasteiger charge is -1.90. The number of hydrogen-bond acceptors (Lipinski definition) is 3. The summed E-state index contributed by atoms with van der Waals surface area (Å²) in [6.07, 6.45) is 0. The van der Waals surface area contributed by atoms with Crippen LogP contribution in [-0.2, 0) is 0 Å². The molecular formula is C5H6N2OS.